The van der Waals surface area contributed by atoms with Gasteiger partial charge in [0.1, 0.15) is 0 Å². The molecule has 2 unspecified atom stereocenters. The average molecular weight is 253 g/mol. The van der Waals surface area contributed by atoms with Gasteiger partial charge < -0.3 is 11.1 Å². The minimum Gasteiger partial charge on any atom is -0.352 e. The maximum Gasteiger partial charge on any atom is 0.224 e. The molecule has 0 aliphatic heterocycles. The smallest absolute Gasteiger partial charge is 0.224 e. The number of hydrogen-bond acceptors (Lipinski definition) is 2. The second-order valence-corrected chi connectivity index (χ2v) is 5.01. The van der Waals surface area contributed by atoms with Gasteiger partial charge in [0.2, 0.25) is 5.91 Å². The number of amides is 1. The van der Waals surface area contributed by atoms with E-state index in [9.17, 15) is 4.79 Å². The van der Waals surface area contributed by atoms with Crippen molar-refractivity contribution in [1.29, 1.82) is 0 Å². The van der Waals surface area contributed by atoms with Gasteiger partial charge in [-0.1, -0.05) is 23.7 Å². The molecule has 0 radical (unpaired) electrons. The van der Waals surface area contributed by atoms with Crippen molar-refractivity contribution in [2.24, 2.45) is 5.73 Å². The van der Waals surface area contributed by atoms with Crippen LogP contribution in [0, 0.1) is 0 Å². The highest BCUT2D eigenvalue weighted by Gasteiger charge is 2.24. The molecule has 92 valence electrons. The van der Waals surface area contributed by atoms with Crippen LogP contribution in [0.1, 0.15) is 24.8 Å². The van der Waals surface area contributed by atoms with Gasteiger partial charge >= 0.3 is 0 Å². The molecule has 0 aromatic heterocycles. The number of carbonyl (C=O) groups excluding carboxylic acids is 1. The van der Waals surface area contributed by atoms with Crippen LogP contribution in [0.15, 0.2) is 24.3 Å². The Kier molecular flexibility index (Phi) is 4.02. The number of hydrogen-bond donors (Lipinski definition) is 2. The normalized spacial score (nSPS) is 23.6. The lowest BCUT2D eigenvalue weighted by Crippen LogP contribution is -2.44. The summed E-state index contributed by atoms with van der Waals surface area (Å²) in [6, 6.07) is 7.60. The molecule has 0 spiro atoms. The van der Waals surface area contributed by atoms with Gasteiger partial charge in [-0.25, -0.2) is 0 Å². The van der Waals surface area contributed by atoms with Crippen LogP contribution in [0.3, 0.4) is 0 Å². The summed E-state index contributed by atoms with van der Waals surface area (Å²) in [6.07, 6.45) is 3.49. The molecule has 3 nitrogen and oxygen atoms in total. The van der Waals surface area contributed by atoms with Crippen LogP contribution in [0.2, 0.25) is 5.02 Å². The molecule has 3 N–H and O–H groups in total. The zero-order valence-electron chi connectivity index (χ0n) is 9.66. The maximum absolute atomic E-state index is 11.8. The summed E-state index contributed by atoms with van der Waals surface area (Å²) < 4.78 is 0. The number of nitrogens with two attached hydrogens (primary N) is 1. The number of nitrogens with one attached hydrogen (secondary N) is 1. The molecule has 2 atom stereocenters. The fourth-order valence-electron chi connectivity index (χ4n) is 2.21. The third-order valence-corrected chi connectivity index (χ3v) is 3.45. The monoisotopic (exact) mass is 252 g/mol. The Balaban J connectivity index is 1.86. The molecule has 0 saturated heterocycles. The van der Waals surface area contributed by atoms with E-state index in [1.54, 1.807) is 12.1 Å². The number of rotatable bonds is 3. The third kappa shape index (κ3) is 3.45. The van der Waals surface area contributed by atoms with Gasteiger partial charge in [0.05, 0.1) is 6.42 Å². The van der Waals surface area contributed by atoms with Crippen LogP contribution in [-0.4, -0.2) is 18.0 Å². The first-order valence-electron chi connectivity index (χ1n) is 5.94. The largest absolute Gasteiger partial charge is 0.352 e. The summed E-state index contributed by atoms with van der Waals surface area (Å²) in [6.45, 7) is 0. The topological polar surface area (TPSA) is 55.1 Å². The number of benzene rings is 1. The van der Waals surface area contributed by atoms with E-state index in [0.717, 1.165) is 24.8 Å². The molecule has 1 aliphatic carbocycles. The fraction of sp³-hybridized carbons (Fsp3) is 0.462. The van der Waals surface area contributed by atoms with Crippen molar-refractivity contribution < 1.29 is 4.79 Å². The number of carbonyl (C=O) groups is 1. The molecule has 2 rings (SSSR count). The van der Waals surface area contributed by atoms with Crippen molar-refractivity contribution in [1.82, 2.24) is 5.32 Å². The highest BCUT2D eigenvalue weighted by Crippen LogP contribution is 2.17. The van der Waals surface area contributed by atoms with Crippen LogP contribution in [-0.2, 0) is 11.2 Å². The lowest BCUT2D eigenvalue weighted by atomic mass is 10.1. The highest BCUT2D eigenvalue weighted by atomic mass is 35.5. The van der Waals surface area contributed by atoms with Crippen molar-refractivity contribution in [3.8, 4) is 0 Å². The summed E-state index contributed by atoms with van der Waals surface area (Å²) >= 11 is 5.79. The predicted molar refractivity (Wildman–Crippen MR) is 68.9 cm³/mol. The Labute approximate surface area is 106 Å². The lowest BCUT2D eigenvalue weighted by Gasteiger charge is -2.17. The molecule has 1 aliphatic rings. The van der Waals surface area contributed by atoms with Gasteiger partial charge in [-0.05, 0) is 37.0 Å². The summed E-state index contributed by atoms with van der Waals surface area (Å²) in [5.41, 5.74) is 6.88. The van der Waals surface area contributed by atoms with Crippen molar-refractivity contribution in [2.45, 2.75) is 37.8 Å². The third-order valence-electron chi connectivity index (χ3n) is 3.19. The zero-order valence-corrected chi connectivity index (χ0v) is 10.4. The Morgan fingerprint density at radius 2 is 2.06 bits per heavy atom. The van der Waals surface area contributed by atoms with Gasteiger partial charge in [0.15, 0.2) is 0 Å². The molecule has 0 heterocycles. The highest BCUT2D eigenvalue weighted by molar-refractivity contribution is 6.30. The fourth-order valence-corrected chi connectivity index (χ4v) is 2.34. The van der Waals surface area contributed by atoms with Crippen LogP contribution in [0.25, 0.3) is 0 Å². The summed E-state index contributed by atoms with van der Waals surface area (Å²) in [5, 5.41) is 3.68. The molecule has 1 aromatic carbocycles. The lowest BCUT2D eigenvalue weighted by molar-refractivity contribution is -0.121. The van der Waals surface area contributed by atoms with E-state index in [-0.39, 0.29) is 18.0 Å². The van der Waals surface area contributed by atoms with Crippen molar-refractivity contribution in [3.63, 3.8) is 0 Å². The van der Waals surface area contributed by atoms with Crippen LogP contribution >= 0.6 is 11.6 Å². The molecule has 17 heavy (non-hydrogen) atoms. The van der Waals surface area contributed by atoms with Gasteiger partial charge in [-0.2, -0.15) is 0 Å². The first kappa shape index (κ1) is 12.4. The van der Waals surface area contributed by atoms with E-state index < -0.39 is 0 Å². The van der Waals surface area contributed by atoms with Gasteiger partial charge in [-0.3, -0.25) is 4.79 Å². The van der Waals surface area contributed by atoms with E-state index in [2.05, 4.69) is 5.32 Å². The first-order chi connectivity index (χ1) is 8.15. The maximum atomic E-state index is 11.8. The Morgan fingerprint density at radius 1 is 1.35 bits per heavy atom. The van der Waals surface area contributed by atoms with Gasteiger partial charge in [0.25, 0.3) is 0 Å². The van der Waals surface area contributed by atoms with E-state index >= 15 is 0 Å². The molecule has 1 amide bonds. The molecule has 0 bridgehead atoms. The minimum absolute atomic E-state index is 0.0367. The Bertz CT molecular complexity index is 391. The van der Waals surface area contributed by atoms with E-state index in [0.29, 0.717) is 11.4 Å². The van der Waals surface area contributed by atoms with Crippen molar-refractivity contribution in [2.75, 3.05) is 0 Å². The van der Waals surface area contributed by atoms with Crippen molar-refractivity contribution >= 4 is 17.5 Å². The van der Waals surface area contributed by atoms with Crippen LogP contribution < -0.4 is 11.1 Å². The Morgan fingerprint density at radius 3 is 2.65 bits per heavy atom. The standard InChI is InChI=1S/C13H17ClN2O/c14-10-6-4-9(5-7-10)8-13(17)16-12-3-1-2-11(12)15/h4-7,11-12H,1-3,8,15H2,(H,16,17). The SMILES string of the molecule is NC1CCCC1NC(=O)Cc1ccc(Cl)cc1. The molecular weight excluding hydrogens is 236 g/mol. The van der Waals surface area contributed by atoms with E-state index in [4.69, 9.17) is 17.3 Å². The van der Waals surface area contributed by atoms with E-state index in [1.165, 1.54) is 0 Å². The second-order valence-electron chi connectivity index (χ2n) is 4.57. The molecule has 1 fully saturated rings. The van der Waals surface area contributed by atoms with Crippen LogP contribution in [0.5, 0.6) is 0 Å². The predicted octanol–water partition coefficient (Wildman–Crippen LogP) is 1.88. The average Bonchev–Trinajstić information content (AvgIpc) is 2.68. The summed E-state index contributed by atoms with van der Waals surface area (Å²) in [5.74, 6) is 0.0367. The van der Waals surface area contributed by atoms with Gasteiger partial charge in [-0.15, -0.1) is 0 Å². The molecule has 4 heteroatoms. The second kappa shape index (κ2) is 5.52. The zero-order chi connectivity index (χ0) is 12.3. The quantitative estimate of drug-likeness (QED) is 0.863. The Hall–Kier alpha value is -1.06. The van der Waals surface area contributed by atoms with E-state index in [1.807, 2.05) is 12.1 Å². The van der Waals surface area contributed by atoms with Crippen molar-refractivity contribution in [3.05, 3.63) is 34.9 Å². The molecule has 1 saturated carbocycles. The van der Waals surface area contributed by atoms with Gasteiger partial charge in [0, 0.05) is 17.1 Å². The van der Waals surface area contributed by atoms with Crippen LogP contribution in [0.4, 0.5) is 0 Å². The number of halogens is 1. The first-order valence-corrected chi connectivity index (χ1v) is 6.32. The summed E-state index contributed by atoms with van der Waals surface area (Å²) in [7, 11) is 0. The molecule has 1 aromatic rings. The minimum atomic E-state index is 0.0367. The molecular formula is C13H17ClN2O. The summed E-state index contributed by atoms with van der Waals surface area (Å²) in [4.78, 5) is 11.8.